The van der Waals surface area contributed by atoms with Gasteiger partial charge in [-0.2, -0.15) is 9.61 Å². The van der Waals surface area contributed by atoms with E-state index in [4.69, 9.17) is 16.3 Å². The Morgan fingerprint density at radius 3 is 2.55 bits per heavy atom. The van der Waals surface area contributed by atoms with Crippen LogP contribution in [0.25, 0.3) is 4.96 Å². The van der Waals surface area contributed by atoms with Crippen LogP contribution in [0.1, 0.15) is 16.5 Å². The predicted molar refractivity (Wildman–Crippen MR) is 123 cm³/mol. The third kappa shape index (κ3) is 3.82. The monoisotopic (exact) mass is 455 g/mol. The fraction of sp³-hybridized carbons (Fsp3) is 0.273. The summed E-state index contributed by atoms with van der Waals surface area (Å²) in [6.45, 7) is 3.43. The first-order valence-electron chi connectivity index (χ1n) is 10.0. The number of benzene rings is 2. The SMILES string of the molecule is COc1ccc([C@H](c2sc3ncnn3c2O)N2CCN(c3cccc(Cl)c3)CC2)cc1. The summed E-state index contributed by atoms with van der Waals surface area (Å²) in [5.41, 5.74) is 2.23. The highest BCUT2D eigenvalue weighted by atomic mass is 35.5. The minimum atomic E-state index is -0.0964. The number of ether oxygens (including phenoxy) is 1. The van der Waals surface area contributed by atoms with E-state index >= 15 is 0 Å². The molecule has 0 bridgehead atoms. The molecule has 1 aliphatic rings. The third-order valence-electron chi connectivity index (χ3n) is 5.67. The molecule has 160 valence electrons. The van der Waals surface area contributed by atoms with Gasteiger partial charge < -0.3 is 14.7 Å². The number of anilines is 1. The van der Waals surface area contributed by atoms with Crippen LogP contribution in [0.2, 0.25) is 5.02 Å². The molecule has 9 heteroatoms. The van der Waals surface area contributed by atoms with Crippen molar-refractivity contribution in [3.8, 4) is 11.6 Å². The van der Waals surface area contributed by atoms with Crippen molar-refractivity contribution >= 4 is 33.6 Å². The van der Waals surface area contributed by atoms with Gasteiger partial charge in [0.05, 0.1) is 18.0 Å². The molecule has 2 aromatic heterocycles. The molecule has 0 amide bonds. The van der Waals surface area contributed by atoms with Gasteiger partial charge in [-0.3, -0.25) is 4.90 Å². The highest BCUT2D eigenvalue weighted by Crippen LogP contribution is 2.40. The van der Waals surface area contributed by atoms with Crippen LogP contribution in [0, 0.1) is 0 Å². The molecular weight excluding hydrogens is 434 g/mol. The van der Waals surface area contributed by atoms with Crippen LogP contribution < -0.4 is 9.64 Å². The van der Waals surface area contributed by atoms with Crippen molar-refractivity contribution in [2.24, 2.45) is 0 Å². The molecule has 2 aromatic carbocycles. The lowest BCUT2D eigenvalue weighted by atomic mass is 10.0. The largest absolute Gasteiger partial charge is 0.497 e. The van der Waals surface area contributed by atoms with Crippen molar-refractivity contribution in [2.75, 3.05) is 38.2 Å². The smallest absolute Gasteiger partial charge is 0.230 e. The zero-order valence-electron chi connectivity index (χ0n) is 17.0. The maximum absolute atomic E-state index is 10.9. The van der Waals surface area contributed by atoms with Crippen LogP contribution in [0.15, 0.2) is 54.9 Å². The number of piperazine rings is 1. The molecule has 1 saturated heterocycles. The Morgan fingerprint density at radius 2 is 1.87 bits per heavy atom. The minimum Gasteiger partial charge on any atom is -0.497 e. The number of nitrogens with zero attached hydrogens (tertiary/aromatic N) is 5. The topological polar surface area (TPSA) is 66.1 Å². The van der Waals surface area contributed by atoms with E-state index in [1.807, 2.05) is 30.3 Å². The lowest BCUT2D eigenvalue weighted by Crippen LogP contribution is -2.47. The van der Waals surface area contributed by atoms with Crippen LogP contribution in [0.5, 0.6) is 11.6 Å². The Morgan fingerprint density at radius 1 is 1.10 bits per heavy atom. The fourth-order valence-electron chi connectivity index (χ4n) is 4.10. The molecule has 0 radical (unpaired) electrons. The standard InChI is InChI=1S/C22H22ClN5O2S/c1-30-18-7-5-15(6-8-18)19(20-21(29)28-22(31-20)24-14-25-28)27-11-9-26(10-12-27)17-4-2-3-16(23)13-17/h2-8,13-14,19,29H,9-12H2,1H3/t19-/m1/s1. The lowest BCUT2D eigenvalue weighted by Gasteiger charge is -2.40. The van der Waals surface area contributed by atoms with Crippen LogP contribution in [0.3, 0.4) is 0 Å². The first-order valence-corrected chi connectivity index (χ1v) is 11.2. The van der Waals surface area contributed by atoms with Gasteiger partial charge in [0.1, 0.15) is 12.1 Å². The molecule has 1 aliphatic heterocycles. The zero-order chi connectivity index (χ0) is 21.4. The Kier molecular flexibility index (Phi) is 5.43. The second-order valence-electron chi connectivity index (χ2n) is 7.42. The van der Waals surface area contributed by atoms with E-state index in [-0.39, 0.29) is 11.9 Å². The van der Waals surface area contributed by atoms with Crippen LogP contribution >= 0.6 is 22.9 Å². The van der Waals surface area contributed by atoms with E-state index in [0.717, 1.165) is 53.1 Å². The summed E-state index contributed by atoms with van der Waals surface area (Å²) in [6, 6.07) is 15.9. The molecule has 1 atom stereocenters. The van der Waals surface area contributed by atoms with Crippen molar-refractivity contribution in [3.05, 3.63) is 70.3 Å². The van der Waals surface area contributed by atoms with Gasteiger partial charge in [0, 0.05) is 36.9 Å². The van der Waals surface area contributed by atoms with Crippen molar-refractivity contribution in [1.82, 2.24) is 19.5 Å². The minimum absolute atomic E-state index is 0.0964. The molecule has 0 aliphatic carbocycles. The number of aromatic hydroxyl groups is 1. The molecule has 1 N–H and O–H groups in total. The second-order valence-corrected chi connectivity index (χ2v) is 8.87. The Hall–Kier alpha value is -2.81. The summed E-state index contributed by atoms with van der Waals surface area (Å²) in [7, 11) is 1.66. The fourth-order valence-corrected chi connectivity index (χ4v) is 5.37. The number of methoxy groups -OCH3 is 1. The first kappa shape index (κ1) is 20.1. The van der Waals surface area contributed by atoms with Gasteiger partial charge >= 0.3 is 0 Å². The summed E-state index contributed by atoms with van der Waals surface area (Å²) >= 11 is 7.66. The maximum atomic E-state index is 10.9. The predicted octanol–water partition coefficient (Wildman–Crippen LogP) is 4.07. The number of halogens is 1. The lowest BCUT2D eigenvalue weighted by molar-refractivity contribution is 0.211. The summed E-state index contributed by atoms with van der Waals surface area (Å²) in [5.74, 6) is 0.954. The number of fused-ring (bicyclic) bond motifs is 1. The number of aromatic nitrogens is 3. The number of hydrogen-bond donors (Lipinski definition) is 1. The second kappa shape index (κ2) is 8.37. The van der Waals surface area contributed by atoms with Crippen molar-refractivity contribution in [1.29, 1.82) is 0 Å². The summed E-state index contributed by atoms with van der Waals surface area (Å²) in [6.07, 6.45) is 1.46. The van der Waals surface area contributed by atoms with E-state index in [1.165, 1.54) is 22.2 Å². The molecule has 0 saturated carbocycles. The van der Waals surface area contributed by atoms with Gasteiger partial charge in [0.25, 0.3) is 0 Å². The van der Waals surface area contributed by atoms with E-state index in [2.05, 4.69) is 38.1 Å². The van der Waals surface area contributed by atoms with Gasteiger partial charge in [-0.1, -0.05) is 41.1 Å². The maximum Gasteiger partial charge on any atom is 0.230 e. The summed E-state index contributed by atoms with van der Waals surface area (Å²) in [5, 5.41) is 15.8. The first-order chi connectivity index (χ1) is 15.1. The van der Waals surface area contributed by atoms with Gasteiger partial charge in [0.15, 0.2) is 0 Å². The zero-order valence-corrected chi connectivity index (χ0v) is 18.6. The molecule has 5 rings (SSSR count). The van der Waals surface area contributed by atoms with Gasteiger partial charge in [0.2, 0.25) is 10.8 Å². The van der Waals surface area contributed by atoms with Crippen molar-refractivity contribution in [3.63, 3.8) is 0 Å². The summed E-state index contributed by atoms with van der Waals surface area (Å²) in [4.78, 5) is 10.5. The Bertz CT molecular complexity index is 1180. The molecule has 1 fully saturated rings. The van der Waals surface area contributed by atoms with Crippen molar-refractivity contribution in [2.45, 2.75) is 6.04 Å². The van der Waals surface area contributed by atoms with Gasteiger partial charge in [-0.15, -0.1) is 0 Å². The number of rotatable bonds is 5. The molecule has 0 spiro atoms. The molecular formula is C22H22ClN5O2S. The average Bonchev–Trinajstić information content (AvgIpc) is 3.38. The van der Waals surface area contributed by atoms with Gasteiger partial charge in [-0.05, 0) is 35.9 Å². The van der Waals surface area contributed by atoms with E-state index < -0.39 is 0 Å². The molecule has 3 heterocycles. The molecule has 31 heavy (non-hydrogen) atoms. The van der Waals surface area contributed by atoms with E-state index in [9.17, 15) is 5.11 Å². The van der Waals surface area contributed by atoms with Crippen LogP contribution in [-0.4, -0.2) is 57.9 Å². The van der Waals surface area contributed by atoms with Gasteiger partial charge in [-0.25, -0.2) is 4.98 Å². The van der Waals surface area contributed by atoms with E-state index in [0.29, 0.717) is 4.96 Å². The summed E-state index contributed by atoms with van der Waals surface area (Å²) < 4.78 is 6.83. The van der Waals surface area contributed by atoms with Crippen molar-refractivity contribution < 1.29 is 9.84 Å². The molecule has 4 aromatic rings. The van der Waals surface area contributed by atoms with Crippen LogP contribution in [-0.2, 0) is 0 Å². The Labute approximate surface area is 189 Å². The normalized spacial score (nSPS) is 16.0. The number of hydrogen-bond acceptors (Lipinski definition) is 7. The molecule has 0 unspecified atom stereocenters. The highest BCUT2D eigenvalue weighted by molar-refractivity contribution is 7.17. The van der Waals surface area contributed by atoms with Crippen LogP contribution in [0.4, 0.5) is 5.69 Å². The van der Waals surface area contributed by atoms with E-state index in [1.54, 1.807) is 7.11 Å². The average molecular weight is 456 g/mol. The molecule has 7 nitrogen and oxygen atoms in total. The quantitative estimate of drug-likeness (QED) is 0.489. The Balaban J connectivity index is 1.46. The third-order valence-corrected chi connectivity index (χ3v) is 6.99. The highest BCUT2D eigenvalue weighted by Gasteiger charge is 2.31. The number of thiazole rings is 1.